The second-order valence-corrected chi connectivity index (χ2v) is 3.90. The summed E-state index contributed by atoms with van der Waals surface area (Å²) in [5.74, 6) is 0.157. The Hall–Kier alpha value is -1.23. The first-order chi connectivity index (χ1) is 7.61. The van der Waals surface area contributed by atoms with Crippen LogP contribution in [-0.2, 0) is 22.5 Å². The summed E-state index contributed by atoms with van der Waals surface area (Å²) in [6, 6.07) is 0. The number of hydrogen-bond donors (Lipinski definition) is 0. The molecule has 1 atom stereocenters. The Morgan fingerprint density at radius 2 is 2.38 bits per heavy atom. The van der Waals surface area contributed by atoms with Gasteiger partial charge in [0.25, 0.3) is 0 Å². The highest BCUT2D eigenvalue weighted by Crippen LogP contribution is 2.03. The Bertz CT molecular complexity index is 336. The van der Waals surface area contributed by atoms with Gasteiger partial charge in [0.2, 0.25) is 0 Å². The maximum atomic E-state index is 10.7. The van der Waals surface area contributed by atoms with Crippen LogP contribution in [0.5, 0.6) is 0 Å². The van der Waals surface area contributed by atoms with E-state index in [0.717, 1.165) is 18.7 Å². The number of ether oxygens (including phenoxy) is 1. The van der Waals surface area contributed by atoms with Gasteiger partial charge in [0.1, 0.15) is 5.78 Å². The predicted octanol–water partition coefficient (Wildman–Crippen LogP) is 1.22. The number of hydrogen-bond acceptors (Lipinski definition) is 4. The Kier molecular flexibility index (Phi) is 5.11. The van der Waals surface area contributed by atoms with Gasteiger partial charge < -0.3 is 4.74 Å². The van der Waals surface area contributed by atoms with Crippen molar-refractivity contribution in [2.24, 2.45) is 0 Å². The zero-order valence-corrected chi connectivity index (χ0v) is 10.1. The van der Waals surface area contributed by atoms with Crippen molar-refractivity contribution < 1.29 is 9.53 Å². The van der Waals surface area contributed by atoms with Gasteiger partial charge in [0, 0.05) is 25.6 Å². The van der Waals surface area contributed by atoms with Gasteiger partial charge in [-0.1, -0.05) is 5.21 Å². The second-order valence-electron chi connectivity index (χ2n) is 3.90. The fourth-order valence-electron chi connectivity index (χ4n) is 1.34. The second kappa shape index (κ2) is 6.37. The summed E-state index contributed by atoms with van der Waals surface area (Å²) in [5.41, 5.74) is 0.928. The predicted molar refractivity (Wildman–Crippen MR) is 60.1 cm³/mol. The molecule has 16 heavy (non-hydrogen) atoms. The lowest BCUT2D eigenvalue weighted by Gasteiger charge is -2.10. The molecule has 0 aliphatic rings. The molecule has 1 aromatic heterocycles. The van der Waals surface area contributed by atoms with Gasteiger partial charge in [-0.05, 0) is 20.8 Å². The average Bonchev–Trinajstić information content (AvgIpc) is 2.65. The Morgan fingerprint density at radius 1 is 1.62 bits per heavy atom. The number of ketones is 1. The van der Waals surface area contributed by atoms with E-state index in [0.29, 0.717) is 13.0 Å². The summed E-state index contributed by atoms with van der Waals surface area (Å²) in [4.78, 5) is 10.7. The standard InChI is InChI=1S/C11H19N3O2/c1-4-14-8-11(12-13-14)7-10(3)16-6-5-9(2)15/h8,10H,4-7H2,1-3H3. The molecule has 0 saturated heterocycles. The molecule has 0 N–H and O–H groups in total. The van der Waals surface area contributed by atoms with Gasteiger partial charge in [-0.15, -0.1) is 5.10 Å². The topological polar surface area (TPSA) is 57.0 Å². The summed E-state index contributed by atoms with van der Waals surface area (Å²) in [5, 5.41) is 7.99. The molecule has 0 saturated carbocycles. The minimum absolute atomic E-state index is 0.0707. The van der Waals surface area contributed by atoms with Crippen molar-refractivity contribution in [3.05, 3.63) is 11.9 Å². The molecule has 0 aromatic carbocycles. The number of carbonyl (C=O) groups is 1. The monoisotopic (exact) mass is 225 g/mol. The molecule has 0 spiro atoms. The lowest BCUT2D eigenvalue weighted by atomic mass is 10.2. The van der Waals surface area contributed by atoms with Gasteiger partial charge in [0.05, 0.1) is 18.4 Å². The zero-order valence-electron chi connectivity index (χ0n) is 10.1. The van der Waals surface area contributed by atoms with Gasteiger partial charge in [0.15, 0.2) is 0 Å². The molecular formula is C11H19N3O2. The maximum absolute atomic E-state index is 10.7. The van der Waals surface area contributed by atoms with Crippen molar-refractivity contribution in [2.45, 2.75) is 46.3 Å². The minimum atomic E-state index is 0.0707. The molecule has 5 heteroatoms. The van der Waals surface area contributed by atoms with Crippen molar-refractivity contribution in [1.82, 2.24) is 15.0 Å². The Labute approximate surface area is 95.8 Å². The van der Waals surface area contributed by atoms with Crippen molar-refractivity contribution in [3.63, 3.8) is 0 Å². The van der Waals surface area contributed by atoms with Crippen LogP contribution in [0.15, 0.2) is 6.20 Å². The van der Waals surface area contributed by atoms with E-state index in [1.807, 2.05) is 20.0 Å². The number of nitrogens with zero attached hydrogens (tertiary/aromatic N) is 3. The minimum Gasteiger partial charge on any atom is -0.378 e. The zero-order chi connectivity index (χ0) is 12.0. The van der Waals surface area contributed by atoms with Crippen LogP contribution in [0.4, 0.5) is 0 Å². The lowest BCUT2D eigenvalue weighted by Crippen LogP contribution is -2.14. The molecule has 1 aromatic rings. The molecule has 1 rings (SSSR count). The smallest absolute Gasteiger partial charge is 0.132 e. The van der Waals surface area contributed by atoms with Crippen LogP contribution in [-0.4, -0.2) is 33.5 Å². The normalized spacial score (nSPS) is 12.7. The first kappa shape index (κ1) is 12.8. The van der Waals surface area contributed by atoms with Crippen molar-refractivity contribution in [2.75, 3.05) is 6.61 Å². The van der Waals surface area contributed by atoms with Crippen LogP contribution in [0.3, 0.4) is 0 Å². The molecule has 0 bridgehead atoms. The van der Waals surface area contributed by atoms with E-state index in [9.17, 15) is 4.79 Å². The third-order valence-corrected chi connectivity index (χ3v) is 2.26. The number of rotatable bonds is 7. The van der Waals surface area contributed by atoms with E-state index < -0.39 is 0 Å². The molecule has 0 fully saturated rings. The quantitative estimate of drug-likeness (QED) is 0.700. The van der Waals surface area contributed by atoms with Crippen LogP contribution < -0.4 is 0 Å². The molecular weight excluding hydrogens is 206 g/mol. The third kappa shape index (κ3) is 4.53. The Balaban J connectivity index is 2.28. The first-order valence-electron chi connectivity index (χ1n) is 5.62. The summed E-state index contributed by atoms with van der Waals surface area (Å²) in [6.45, 7) is 6.88. The summed E-state index contributed by atoms with van der Waals surface area (Å²) in [6.07, 6.45) is 3.20. The number of aromatic nitrogens is 3. The first-order valence-corrected chi connectivity index (χ1v) is 5.62. The van der Waals surface area contributed by atoms with Crippen molar-refractivity contribution in [3.8, 4) is 0 Å². The highest BCUT2D eigenvalue weighted by Gasteiger charge is 2.07. The highest BCUT2D eigenvalue weighted by atomic mass is 16.5. The average molecular weight is 225 g/mol. The number of Topliss-reactive ketones (excluding diaryl/α,β-unsaturated/α-hetero) is 1. The summed E-state index contributed by atoms with van der Waals surface area (Å²) in [7, 11) is 0. The van der Waals surface area contributed by atoms with Crippen LogP contribution in [0, 0.1) is 0 Å². The van der Waals surface area contributed by atoms with Crippen molar-refractivity contribution in [1.29, 1.82) is 0 Å². The summed E-state index contributed by atoms with van der Waals surface area (Å²) < 4.78 is 7.29. The molecule has 0 aliphatic carbocycles. The van der Waals surface area contributed by atoms with Crippen LogP contribution in [0.2, 0.25) is 0 Å². The van der Waals surface area contributed by atoms with E-state index >= 15 is 0 Å². The van der Waals surface area contributed by atoms with Crippen LogP contribution in [0.25, 0.3) is 0 Å². The van der Waals surface area contributed by atoms with Gasteiger partial charge >= 0.3 is 0 Å². The molecule has 1 unspecified atom stereocenters. The molecule has 1 heterocycles. The maximum Gasteiger partial charge on any atom is 0.132 e. The van der Waals surface area contributed by atoms with Crippen LogP contribution in [0.1, 0.15) is 32.9 Å². The molecule has 90 valence electrons. The molecule has 5 nitrogen and oxygen atoms in total. The third-order valence-electron chi connectivity index (χ3n) is 2.26. The largest absolute Gasteiger partial charge is 0.378 e. The van der Waals surface area contributed by atoms with Crippen LogP contribution >= 0.6 is 0 Å². The van der Waals surface area contributed by atoms with Crippen molar-refractivity contribution >= 4 is 5.78 Å². The van der Waals surface area contributed by atoms with E-state index in [-0.39, 0.29) is 11.9 Å². The summed E-state index contributed by atoms with van der Waals surface area (Å²) >= 11 is 0. The van der Waals surface area contributed by atoms with E-state index in [1.165, 1.54) is 0 Å². The lowest BCUT2D eigenvalue weighted by molar-refractivity contribution is -0.118. The number of aryl methyl sites for hydroxylation is 1. The SMILES string of the molecule is CCn1cc(CC(C)OCCC(C)=O)nn1. The van der Waals surface area contributed by atoms with E-state index in [2.05, 4.69) is 10.3 Å². The van der Waals surface area contributed by atoms with Gasteiger partial charge in [-0.25, -0.2) is 0 Å². The number of carbonyl (C=O) groups excluding carboxylic acids is 1. The van der Waals surface area contributed by atoms with E-state index in [4.69, 9.17) is 4.74 Å². The van der Waals surface area contributed by atoms with Gasteiger partial charge in [-0.3, -0.25) is 9.48 Å². The Morgan fingerprint density at radius 3 is 2.94 bits per heavy atom. The highest BCUT2D eigenvalue weighted by molar-refractivity contribution is 5.75. The fraction of sp³-hybridized carbons (Fsp3) is 0.727. The molecule has 0 amide bonds. The van der Waals surface area contributed by atoms with E-state index in [1.54, 1.807) is 11.6 Å². The van der Waals surface area contributed by atoms with Gasteiger partial charge in [-0.2, -0.15) is 0 Å². The fourth-order valence-corrected chi connectivity index (χ4v) is 1.34. The molecule has 0 radical (unpaired) electrons. The molecule has 0 aliphatic heterocycles.